The molecule has 1 saturated carbocycles. The van der Waals surface area contributed by atoms with Crippen LogP contribution in [-0.4, -0.2) is 31.4 Å². The maximum Gasteiger partial charge on any atom is 0.420 e. The van der Waals surface area contributed by atoms with Gasteiger partial charge in [-0.05, 0) is 37.1 Å². The minimum absolute atomic E-state index is 0.156. The molecule has 31 heavy (non-hydrogen) atoms. The minimum Gasteiger partial charge on any atom is -0.408 e. The summed E-state index contributed by atoms with van der Waals surface area (Å²) in [6, 6.07) is 16.4. The summed E-state index contributed by atoms with van der Waals surface area (Å²) < 4.78 is 9.47. The van der Waals surface area contributed by atoms with E-state index in [-0.39, 0.29) is 31.2 Å². The smallest absolute Gasteiger partial charge is 0.408 e. The van der Waals surface area contributed by atoms with Gasteiger partial charge in [-0.1, -0.05) is 30.3 Å². The van der Waals surface area contributed by atoms with Crippen LogP contribution in [0, 0.1) is 0 Å². The molecule has 1 fully saturated rings. The molecule has 0 bridgehead atoms. The Kier molecular flexibility index (Phi) is 4.78. The zero-order valence-corrected chi connectivity index (χ0v) is 16.7. The highest BCUT2D eigenvalue weighted by Crippen LogP contribution is 2.39. The van der Waals surface area contributed by atoms with Gasteiger partial charge in [0.15, 0.2) is 5.58 Å². The Hall–Kier alpha value is -3.88. The predicted molar refractivity (Wildman–Crippen MR) is 113 cm³/mol. The van der Waals surface area contributed by atoms with Crippen LogP contribution in [0.15, 0.2) is 68.6 Å². The number of oxazole rings is 1. The number of rotatable bonds is 7. The van der Waals surface area contributed by atoms with Gasteiger partial charge >= 0.3 is 11.4 Å². The number of para-hydroxylation sites is 3. The molecule has 0 radical (unpaired) electrons. The van der Waals surface area contributed by atoms with Crippen molar-refractivity contribution in [3.63, 3.8) is 0 Å². The summed E-state index contributed by atoms with van der Waals surface area (Å²) in [6.45, 7) is 0.306. The fraction of sp³-hybridized carbons (Fsp3) is 0.273. The van der Waals surface area contributed by atoms with Gasteiger partial charge in [-0.2, -0.15) is 5.10 Å². The molecule has 1 N–H and O–H groups in total. The predicted octanol–water partition coefficient (Wildman–Crippen LogP) is 1.64. The number of nitrogens with zero attached hydrogens (tertiary/aromatic N) is 4. The number of aromatic nitrogens is 4. The number of carbonyl (C=O) groups is 1. The summed E-state index contributed by atoms with van der Waals surface area (Å²) in [5, 5.41) is 7.27. The average molecular weight is 419 g/mol. The van der Waals surface area contributed by atoms with Crippen molar-refractivity contribution in [3.8, 4) is 5.69 Å². The molecular formula is C22H21N5O4. The SMILES string of the molecule is O=C(Cn1c(=O)oc2ccccc21)NCCn1nc(C2CC2)n(-c2ccccc2)c1=O. The molecule has 1 aliphatic rings. The van der Waals surface area contributed by atoms with Gasteiger partial charge in [0.1, 0.15) is 12.4 Å². The largest absolute Gasteiger partial charge is 0.420 e. The first-order valence-electron chi connectivity index (χ1n) is 10.2. The highest BCUT2D eigenvalue weighted by atomic mass is 16.4. The van der Waals surface area contributed by atoms with Crippen molar-refractivity contribution < 1.29 is 9.21 Å². The Morgan fingerprint density at radius 2 is 1.81 bits per heavy atom. The van der Waals surface area contributed by atoms with E-state index in [0.717, 1.165) is 24.4 Å². The maximum atomic E-state index is 12.9. The second-order valence-corrected chi connectivity index (χ2v) is 7.58. The van der Waals surface area contributed by atoms with Gasteiger partial charge in [0.25, 0.3) is 0 Å². The summed E-state index contributed by atoms with van der Waals surface area (Å²) in [5.74, 6) is 0.138. The first kappa shape index (κ1) is 19.1. The van der Waals surface area contributed by atoms with Crippen molar-refractivity contribution in [2.45, 2.75) is 31.8 Å². The molecule has 4 aromatic rings. The topological polar surface area (TPSA) is 104 Å². The monoisotopic (exact) mass is 419 g/mol. The minimum atomic E-state index is -0.580. The number of fused-ring (bicyclic) bond motifs is 1. The normalized spacial score (nSPS) is 13.5. The third kappa shape index (κ3) is 3.70. The van der Waals surface area contributed by atoms with Crippen LogP contribution in [0.5, 0.6) is 0 Å². The molecule has 1 aliphatic carbocycles. The molecule has 0 spiro atoms. The van der Waals surface area contributed by atoms with Crippen LogP contribution in [0.1, 0.15) is 24.6 Å². The van der Waals surface area contributed by atoms with E-state index in [9.17, 15) is 14.4 Å². The third-order valence-corrected chi connectivity index (χ3v) is 5.34. The first-order valence-corrected chi connectivity index (χ1v) is 10.2. The van der Waals surface area contributed by atoms with Gasteiger partial charge in [0, 0.05) is 12.5 Å². The Morgan fingerprint density at radius 1 is 1.06 bits per heavy atom. The van der Waals surface area contributed by atoms with Gasteiger partial charge in [-0.15, -0.1) is 0 Å². The quantitative estimate of drug-likeness (QED) is 0.490. The number of amides is 1. The van der Waals surface area contributed by atoms with Crippen LogP contribution < -0.4 is 16.8 Å². The van der Waals surface area contributed by atoms with Gasteiger partial charge in [0.2, 0.25) is 5.91 Å². The zero-order chi connectivity index (χ0) is 21.4. The summed E-state index contributed by atoms with van der Waals surface area (Å²) in [6.07, 6.45) is 2.04. The van der Waals surface area contributed by atoms with Crippen molar-refractivity contribution in [2.75, 3.05) is 6.54 Å². The van der Waals surface area contributed by atoms with Crippen molar-refractivity contribution >= 4 is 17.0 Å². The molecule has 2 aromatic heterocycles. The van der Waals surface area contributed by atoms with Crippen LogP contribution in [-0.2, 0) is 17.9 Å². The Bertz CT molecular complexity index is 1360. The summed E-state index contributed by atoms with van der Waals surface area (Å²) in [5.41, 5.74) is 1.57. The van der Waals surface area contributed by atoms with Crippen LogP contribution in [0.25, 0.3) is 16.8 Å². The zero-order valence-electron chi connectivity index (χ0n) is 16.7. The van der Waals surface area contributed by atoms with Crippen LogP contribution in [0.3, 0.4) is 0 Å². The fourth-order valence-corrected chi connectivity index (χ4v) is 3.66. The van der Waals surface area contributed by atoms with E-state index >= 15 is 0 Å². The van der Waals surface area contributed by atoms with E-state index in [0.29, 0.717) is 17.0 Å². The molecule has 0 aliphatic heterocycles. The number of carbonyl (C=O) groups excluding carboxylic acids is 1. The van der Waals surface area contributed by atoms with E-state index in [1.54, 1.807) is 28.8 Å². The number of benzene rings is 2. The fourth-order valence-electron chi connectivity index (χ4n) is 3.66. The number of hydrogen-bond donors (Lipinski definition) is 1. The summed E-state index contributed by atoms with van der Waals surface area (Å²) >= 11 is 0. The molecule has 2 heterocycles. The van der Waals surface area contributed by atoms with E-state index in [4.69, 9.17) is 4.42 Å². The molecule has 0 saturated heterocycles. The lowest BCUT2D eigenvalue weighted by Crippen LogP contribution is -2.35. The van der Waals surface area contributed by atoms with Crippen LogP contribution >= 0.6 is 0 Å². The lowest BCUT2D eigenvalue weighted by Gasteiger charge is -2.05. The van der Waals surface area contributed by atoms with Crippen molar-refractivity contribution in [2.24, 2.45) is 0 Å². The highest BCUT2D eigenvalue weighted by molar-refractivity contribution is 5.79. The standard InChI is InChI=1S/C22H21N5O4/c28-19(14-25-17-8-4-5-9-18(17)31-22(25)30)23-12-13-26-21(29)27(16-6-2-1-3-7-16)20(24-26)15-10-11-15/h1-9,15H,10-14H2,(H,23,28). The molecule has 5 rings (SSSR count). The maximum absolute atomic E-state index is 12.9. The van der Waals surface area contributed by atoms with Crippen molar-refractivity contribution in [3.05, 3.63) is 81.5 Å². The lowest BCUT2D eigenvalue weighted by molar-refractivity contribution is -0.121. The van der Waals surface area contributed by atoms with E-state index < -0.39 is 5.76 Å². The molecule has 0 atom stereocenters. The molecule has 1 amide bonds. The van der Waals surface area contributed by atoms with Crippen molar-refractivity contribution in [1.29, 1.82) is 0 Å². The molecular weight excluding hydrogens is 398 g/mol. The first-order chi connectivity index (χ1) is 15.1. The van der Waals surface area contributed by atoms with Crippen LogP contribution in [0.2, 0.25) is 0 Å². The van der Waals surface area contributed by atoms with E-state index in [1.165, 1.54) is 9.25 Å². The molecule has 0 unspecified atom stereocenters. The van der Waals surface area contributed by atoms with E-state index in [2.05, 4.69) is 10.4 Å². The second-order valence-electron chi connectivity index (χ2n) is 7.58. The Labute approximate surface area is 176 Å². The third-order valence-electron chi connectivity index (χ3n) is 5.34. The number of hydrogen-bond acceptors (Lipinski definition) is 5. The summed E-state index contributed by atoms with van der Waals surface area (Å²) in [7, 11) is 0. The lowest BCUT2D eigenvalue weighted by atomic mass is 10.3. The van der Waals surface area contributed by atoms with E-state index in [1.807, 2.05) is 30.3 Å². The number of nitrogens with one attached hydrogen (secondary N) is 1. The molecule has 9 nitrogen and oxygen atoms in total. The molecule has 9 heteroatoms. The van der Waals surface area contributed by atoms with Gasteiger partial charge in [-0.3, -0.25) is 9.36 Å². The Balaban J connectivity index is 1.28. The van der Waals surface area contributed by atoms with Crippen LogP contribution in [0.4, 0.5) is 0 Å². The molecule has 158 valence electrons. The highest BCUT2D eigenvalue weighted by Gasteiger charge is 2.31. The molecule has 2 aromatic carbocycles. The van der Waals surface area contributed by atoms with Gasteiger partial charge in [-0.25, -0.2) is 18.8 Å². The van der Waals surface area contributed by atoms with Gasteiger partial charge < -0.3 is 9.73 Å². The second kappa shape index (κ2) is 7.75. The van der Waals surface area contributed by atoms with Gasteiger partial charge in [0.05, 0.1) is 17.7 Å². The van der Waals surface area contributed by atoms with Crippen molar-refractivity contribution in [1.82, 2.24) is 24.2 Å². The summed E-state index contributed by atoms with van der Waals surface area (Å²) in [4.78, 5) is 37.3. The Morgan fingerprint density at radius 3 is 2.58 bits per heavy atom. The average Bonchev–Trinajstić information content (AvgIpc) is 3.51.